The average molecular weight is 452 g/mol. The Morgan fingerprint density at radius 2 is 2.00 bits per heavy atom. The molecule has 170 valence electrons. The summed E-state index contributed by atoms with van der Waals surface area (Å²) >= 11 is 0. The molecule has 1 aliphatic heterocycles. The third-order valence-corrected chi connectivity index (χ3v) is 6.23. The van der Waals surface area contributed by atoms with Crippen LogP contribution in [0.1, 0.15) is 28.1 Å². The second-order valence-corrected chi connectivity index (χ2v) is 8.38. The fourth-order valence-corrected chi connectivity index (χ4v) is 4.50. The van der Waals surface area contributed by atoms with Crippen LogP contribution < -0.4 is 11.1 Å². The van der Waals surface area contributed by atoms with E-state index in [-0.39, 0.29) is 12.5 Å². The first-order chi connectivity index (χ1) is 16.6. The smallest absolute Gasteiger partial charge is 0.236 e. The molecule has 4 aromatic rings. The predicted octanol–water partition coefficient (Wildman–Crippen LogP) is 3.06. The molecule has 34 heavy (non-hydrogen) atoms. The predicted molar refractivity (Wildman–Crippen MR) is 130 cm³/mol. The molecule has 0 radical (unpaired) electrons. The van der Waals surface area contributed by atoms with Crippen LogP contribution in [0.15, 0.2) is 54.6 Å². The van der Waals surface area contributed by atoms with E-state index in [2.05, 4.69) is 23.5 Å². The molecule has 5 rings (SSSR count). The summed E-state index contributed by atoms with van der Waals surface area (Å²) in [5.74, 6) is 1.17. The minimum absolute atomic E-state index is 0.0170. The molecule has 0 unspecified atom stereocenters. The Hall–Kier alpha value is -4.22. The zero-order valence-corrected chi connectivity index (χ0v) is 19.0. The molecule has 8 heteroatoms. The Bertz CT molecular complexity index is 1420. The highest BCUT2D eigenvalue weighted by atomic mass is 16.2. The molecular weight excluding hydrogens is 426 g/mol. The zero-order valence-electron chi connectivity index (χ0n) is 19.0. The molecule has 3 N–H and O–H groups in total. The van der Waals surface area contributed by atoms with Crippen molar-refractivity contribution in [1.82, 2.24) is 19.4 Å². The van der Waals surface area contributed by atoms with Crippen LogP contribution >= 0.6 is 0 Å². The molecule has 2 aromatic heterocycles. The first-order valence-electron chi connectivity index (χ1n) is 11.3. The first kappa shape index (κ1) is 21.6. The summed E-state index contributed by atoms with van der Waals surface area (Å²) in [7, 11) is 0. The van der Waals surface area contributed by atoms with E-state index in [9.17, 15) is 10.1 Å². The van der Waals surface area contributed by atoms with Crippen molar-refractivity contribution >= 4 is 22.6 Å². The van der Waals surface area contributed by atoms with Gasteiger partial charge in [-0.15, -0.1) is 0 Å². The van der Waals surface area contributed by atoms with Gasteiger partial charge >= 0.3 is 0 Å². The maximum Gasteiger partial charge on any atom is 0.236 e. The maximum absolute atomic E-state index is 12.3. The lowest BCUT2D eigenvalue weighted by molar-refractivity contribution is -0.130. The van der Waals surface area contributed by atoms with Gasteiger partial charge in [0.15, 0.2) is 0 Å². The van der Waals surface area contributed by atoms with Crippen LogP contribution in [0.3, 0.4) is 0 Å². The number of nitriles is 1. The fourth-order valence-electron chi connectivity index (χ4n) is 4.50. The Kier molecular flexibility index (Phi) is 5.70. The summed E-state index contributed by atoms with van der Waals surface area (Å²) < 4.78 is 1.99. The molecule has 0 saturated heterocycles. The van der Waals surface area contributed by atoms with E-state index in [0.717, 1.165) is 33.4 Å². The molecule has 3 heterocycles. The maximum atomic E-state index is 12.3. The summed E-state index contributed by atoms with van der Waals surface area (Å²) in [6.07, 6.45) is 0.623. The molecule has 1 aliphatic rings. The highest BCUT2D eigenvalue weighted by Crippen LogP contribution is 2.29. The lowest BCUT2D eigenvalue weighted by Crippen LogP contribution is -2.40. The van der Waals surface area contributed by atoms with Gasteiger partial charge in [-0.1, -0.05) is 36.4 Å². The standard InChI is InChI=1S/C26H25N7O/c1-17-12-20-19(13-27)8-5-9-23(20)33(17)26-30-22-10-11-32(24(34)14-28)16-21(22)25(31-26)29-15-18-6-3-2-4-7-18/h2-9,12H,10-11,14-16,28H2,1H3,(H,29,30,31). The number of amides is 1. The number of carbonyl (C=O) groups excluding carboxylic acids is 1. The van der Waals surface area contributed by atoms with Gasteiger partial charge in [0, 0.05) is 36.2 Å². The quantitative estimate of drug-likeness (QED) is 0.482. The number of aryl methyl sites for hydroxylation is 1. The van der Waals surface area contributed by atoms with Crippen molar-refractivity contribution in [3.63, 3.8) is 0 Å². The Balaban J connectivity index is 1.61. The van der Waals surface area contributed by atoms with Crippen molar-refractivity contribution < 1.29 is 4.79 Å². The molecule has 0 saturated carbocycles. The topological polar surface area (TPSA) is 113 Å². The van der Waals surface area contributed by atoms with Crippen LogP contribution in [0.5, 0.6) is 0 Å². The summed E-state index contributed by atoms with van der Waals surface area (Å²) in [6.45, 7) is 3.56. The van der Waals surface area contributed by atoms with Crippen LogP contribution in [-0.4, -0.2) is 38.4 Å². The van der Waals surface area contributed by atoms with E-state index < -0.39 is 0 Å². The van der Waals surface area contributed by atoms with E-state index in [0.29, 0.717) is 43.4 Å². The van der Waals surface area contributed by atoms with Crippen LogP contribution in [-0.2, 0) is 24.3 Å². The van der Waals surface area contributed by atoms with Crippen molar-refractivity contribution in [2.24, 2.45) is 5.73 Å². The third kappa shape index (κ3) is 3.87. The van der Waals surface area contributed by atoms with Crippen LogP contribution in [0, 0.1) is 18.3 Å². The van der Waals surface area contributed by atoms with Gasteiger partial charge in [-0.05, 0) is 30.7 Å². The van der Waals surface area contributed by atoms with E-state index in [1.807, 2.05) is 54.0 Å². The van der Waals surface area contributed by atoms with Crippen molar-refractivity contribution in [2.75, 3.05) is 18.4 Å². The van der Waals surface area contributed by atoms with E-state index in [1.165, 1.54) is 0 Å². The minimum atomic E-state index is -0.0833. The SMILES string of the molecule is Cc1cc2c(C#N)cccc2n1-c1nc2c(c(NCc3ccccc3)n1)CN(C(=O)CN)CC2. The summed E-state index contributed by atoms with van der Waals surface area (Å²) in [5, 5.41) is 13.9. The number of fused-ring (bicyclic) bond motifs is 2. The number of carbonyl (C=O) groups is 1. The lowest BCUT2D eigenvalue weighted by Gasteiger charge is -2.29. The Labute approximate surface area is 197 Å². The zero-order chi connectivity index (χ0) is 23.7. The van der Waals surface area contributed by atoms with E-state index in [4.69, 9.17) is 15.7 Å². The Morgan fingerprint density at radius 1 is 1.18 bits per heavy atom. The summed E-state index contributed by atoms with van der Waals surface area (Å²) in [6, 6.07) is 20.0. The van der Waals surface area contributed by atoms with Gasteiger partial charge in [0.2, 0.25) is 11.9 Å². The lowest BCUT2D eigenvalue weighted by atomic mass is 10.1. The molecule has 0 atom stereocenters. The number of nitrogens with zero attached hydrogens (tertiary/aromatic N) is 5. The average Bonchev–Trinajstić information content (AvgIpc) is 3.22. The third-order valence-electron chi connectivity index (χ3n) is 6.23. The molecule has 0 aliphatic carbocycles. The van der Waals surface area contributed by atoms with E-state index in [1.54, 1.807) is 4.90 Å². The number of hydrogen-bond donors (Lipinski definition) is 2. The molecule has 0 bridgehead atoms. The van der Waals surface area contributed by atoms with Crippen molar-refractivity contribution in [3.05, 3.63) is 82.7 Å². The van der Waals surface area contributed by atoms with Crippen LogP contribution in [0.4, 0.5) is 5.82 Å². The van der Waals surface area contributed by atoms with Gasteiger partial charge in [-0.2, -0.15) is 10.2 Å². The highest BCUT2D eigenvalue weighted by Gasteiger charge is 2.26. The fraction of sp³-hybridized carbons (Fsp3) is 0.231. The van der Waals surface area contributed by atoms with Crippen molar-refractivity contribution in [1.29, 1.82) is 5.26 Å². The molecule has 0 fully saturated rings. The largest absolute Gasteiger partial charge is 0.366 e. The van der Waals surface area contributed by atoms with Gasteiger partial charge in [0.05, 0.1) is 35.9 Å². The number of hydrogen-bond acceptors (Lipinski definition) is 6. The number of rotatable bonds is 5. The molecular formula is C26H25N7O. The second kappa shape index (κ2) is 8.96. The second-order valence-electron chi connectivity index (χ2n) is 8.38. The van der Waals surface area contributed by atoms with Crippen molar-refractivity contribution in [3.8, 4) is 12.0 Å². The van der Waals surface area contributed by atoms with Gasteiger partial charge in [-0.25, -0.2) is 4.98 Å². The number of nitrogens with one attached hydrogen (secondary N) is 1. The number of anilines is 1. The summed E-state index contributed by atoms with van der Waals surface area (Å²) in [4.78, 5) is 23.9. The molecule has 0 spiro atoms. The van der Waals surface area contributed by atoms with E-state index >= 15 is 0 Å². The number of aromatic nitrogens is 3. The molecule has 1 amide bonds. The van der Waals surface area contributed by atoms with Gasteiger partial charge in [0.1, 0.15) is 5.82 Å². The van der Waals surface area contributed by atoms with Gasteiger partial charge < -0.3 is 16.0 Å². The minimum Gasteiger partial charge on any atom is -0.366 e. The van der Waals surface area contributed by atoms with Crippen LogP contribution in [0.2, 0.25) is 0 Å². The number of nitrogens with two attached hydrogens (primary N) is 1. The summed E-state index contributed by atoms with van der Waals surface area (Å²) in [5.41, 5.74) is 11.0. The molecule has 8 nitrogen and oxygen atoms in total. The van der Waals surface area contributed by atoms with Gasteiger partial charge in [0.25, 0.3) is 0 Å². The van der Waals surface area contributed by atoms with Gasteiger partial charge in [-0.3, -0.25) is 9.36 Å². The monoisotopic (exact) mass is 451 g/mol. The normalized spacial score (nSPS) is 12.9. The van der Waals surface area contributed by atoms with Crippen LogP contribution in [0.25, 0.3) is 16.9 Å². The van der Waals surface area contributed by atoms with Crippen molar-refractivity contribution in [2.45, 2.75) is 26.4 Å². The molecule has 2 aromatic carbocycles. The Morgan fingerprint density at radius 3 is 2.76 bits per heavy atom. The number of benzene rings is 2. The first-order valence-corrected chi connectivity index (χ1v) is 11.3. The highest BCUT2D eigenvalue weighted by molar-refractivity contribution is 5.88.